The fourth-order valence-electron chi connectivity index (χ4n) is 0.713. The summed E-state index contributed by atoms with van der Waals surface area (Å²) >= 11 is 0. The van der Waals surface area contributed by atoms with Crippen LogP contribution in [0.5, 0.6) is 0 Å². The molecule has 0 radical (unpaired) electrons. The van der Waals surface area contributed by atoms with Gasteiger partial charge < -0.3 is 5.73 Å². The normalized spacial score (nSPS) is 9.64. The molecule has 0 aliphatic carbocycles. The molecule has 0 saturated carbocycles. The van der Waals surface area contributed by atoms with E-state index in [1.54, 1.807) is 0 Å². The summed E-state index contributed by atoms with van der Waals surface area (Å²) in [4.78, 5) is 10.1. The molecule has 0 unspecified atom stereocenters. The molecule has 0 bridgehead atoms. The number of nitrogens with two attached hydrogens (primary N) is 1. The Kier molecular flexibility index (Phi) is 1.85. The van der Waals surface area contributed by atoms with Crippen LogP contribution >= 0.6 is 0 Å². The number of hydrogen-bond acceptors (Lipinski definition) is 2. The van der Waals surface area contributed by atoms with E-state index in [0.29, 0.717) is 0 Å². The van der Waals surface area contributed by atoms with E-state index in [1.807, 2.05) is 0 Å². The Bertz CT molecular complexity index is 298. The molecule has 0 spiro atoms. The van der Waals surface area contributed by atoms with Gasteiger partial charge in [-0.2, -0.15) is 4.39 Å². The lowest BCUT2D eigenvalue weighted by Gasteiger charge is -1.97. The van der Waals surface area contributed by atoms with Crippen LogP contribution in [0.4, 0.5) is 14.5 Å². The molecule has 4 heteroatoms. The maximum atomic E-state index is 12.3. The minimum absolute atomic E-state index is 0.183. The van der Waals surface area contributed by atoms with Crippen molar-refractivity contribution in [2.75, 3.05) is 5.73 Å². The lowest BCUT2D eigenvalue weighted by molar-refractivity contribution is 0.0837. The molecule has 0 aromatic heterocycles. The van der Waals surface area contributed by atoms with Gasteiger partial charge in [0.15, 0.2) is 0 Å². The average molecular weight is 157 g/mol. The maximum absolute atomic E-state index is 12.3. The molecule has 58 valence electrons. The Balaban J connectivity index is 3.20. The summed E-state index contributed by atoms with van der Waals surface area (Å²) in [6, 6.07) is 1.23. The van der Waals surface area contributed by atoms with Crippen LogP contribution < -0.4 is 5.73 Å². The first-order valence-electron chi connectivity index (χ1n) is 2.86. The van der Waals surface area contributed by atoms with E-state index in [0.717, 1.165) is 18.2 Å². The molecule has 11 heavy (non-hydrogen) atoms. The largest absolute Gasteiger partial charge is 0.398 e. The zero-order chi connectivity index (χ0) is 8.43. The van der Waals surface area contributed by atoms with Gasteiger partial charge in [-0.3, -0.25) is 4.79 Å². The van der Waals surface area contributed by atoms with Gasteiger partial charge in [-0.05, 0) is 18.2 Å². The molecule has 0 saturated heterocycles. The molecule has 2 nitrogen and oxygen atoms in total. The Morgan fingerprint density at radius 3 is 2.55 bits per heavy atom. The van der Waals surface area contributed by atoms with E-state index in [1.165, 1.54) is 0 Å². The SMILES string of the molecule is Nc1cc(F)ccc1C(=O)F. The Morgan fingerprint density at radius 2 is 2.09 bits per heavy atom. The topological polar surface area (TPSA) is 43.1 Å². The summed E-state index contributed by atoms with van der Waals surface area (Å²) < 4.78 is 24.3. The molecule has 0 heterocycles. The highest BCUT2D eigenvalue weighted by atomic mass is 19.1. The zero-order valence-corrected chi connectivity index (χ0v) is 5.47. The molecular formula is C7H5F2NO. The summed E-state index contributed by atoms with van der Waals surface area (Å²) in [6.45, 7) is 0. The van der Waals surface area contributed by atoms with Crippen LogP contribution in [-0.4, -0.2) is 6.04 Å². The van der Waals surface area contributed by atoms with Crippen LogP contribution in [0.25, 0.3) is 0 Å². The van der Waals surface area contributed by atoms with Gasteiger partial charge in [0.25, 0.3) is 0 Å². The van der Waals surface area contributed by atoms with Crippen molar-refractivity contribution in [2.45, 2.75) is 0 Å². The van der Waals surface area contributed by atoms with Gasteiger partial charge in [0.05, 0.1) is 5.56 Å². The Morgan fingerprint density at radius 1 is 1.45 bits per heavy atom. The third-order valence-corrected chi connectivity index (χ3v) is 1.23. The summed E-state index contributed by atoms with van der Waals surface area (Å²) in [5, 5.41) is 0. The number of anilines is 1. The highest BCUT2D eigenvalue weighted by Gasteiger charge is 2.07. The fraction of sp³-hybridized carbons (Fsp3) is 0. The van der Waals surface area contributed by atoms with Crippen molar-refractivity contribution in [2.24, 2.45) is 0 Å². The Hall–Kier alpha value is -1.45. The summed E-state index contributed by atoms with van der Waals surface area (Å²) in [7, 11) is 0. The van der Waals surface area contributed by atoms with E-state index in [-0.39, 0.29) is 11.3 Å². The van der Waals surface area contributed by atoms with E-state index in [9.17, 15) is 13.6 Å². The number of hydrogen-bond donors (Lipinski definition) is 1. The number of carbonyl (C=O) groups excluding carboxylic acids is 1. The first-order chi connectivity index (χ1) is 5.11. The quantitative estimate of drug-likeness (QED) is 0.496. The van der Waals surface area contributed by atoms with E-state index < -0.39 is 11.9 Å². The van der Waals surface area contributed by atoms with E-state index >= 15 is 0 Å². The van der Waals surface area contributed by atoms with Crippen LogP contribution in [0.2, 0.25) is 0 Å². The van der Waals surface area contributed by atoms with Crippen LogP contribution in [0, 0.1) is 5.82 Å². The molecule has 2 N–H and O–H groups in total. The molecule has 0 atom stereocenters. The first kappa shape index (κ1) is 7.65. The summed E-state index contributed by atoms with van der Waals surface area (Å²) in [6.07, 6.45) is 0. The molecule has 0 aliphatic rings. The molecule has 1 aromatic carbocycles. The smallest absolute Gasteiger partial charge is 0.334 e. The van der Waals surface area contributed by atoms with Crippen molar-refractivity contribution >= 4 is 11.7 Å². The van der Waals surface area contributed by atoms with Crippen molar-refractivity contribution < 1.29 is 13.6 Å². The predicted molar refractivity (Wildman–Crippen MR) is 36.3 cm³/mol. The van der Waals surface area contributed by atoms with Crippen molar-refractivity contribution in [1.82, 2.24) is 0 Å². The standard InChI is InChI=1S/C7H5F2NO/c8-4-1-2-5(7(9)11)6(10)3-4/h1-3H,10H2. The van der Waals surface area contributed by atoms with Gasteiger partial charge >= 0.3 is 6.04 Å². The summed E-state index contributed by atoms with van der Waals surface area (Å²) in [5.41, 5.74) is 4.64. The van der Waals surface area contributed by atoms with Crippen LogP contribution in [0.15, 0.2) is 18.2 Å². The summed E-state index contributed by atoms with van der Waals surface area (Å²) in [5.74, 6) is -0.590. The van der Waals surface area contributed by atoms with Gasteiger partial charge in [-0.1, -0.05) is 0 Å². The average Bonchev–Trinajstić information content (AvgIpc) is 1.85. The van der Waals surface area contributed by atoms with Crippen LogP contribution in [0.1, 0.15) is 10.4 Å². The highest BCUT2D eigenvalue weighted by molar-refractivity contribution is 5.94. The second-order valence-corrected chi connectivity index (χ2v) is 2.01. The first-order valence-corrected chi connectivity index (χ1v) is 2.86. The van der Waals surface area contributed by atoms with Crippen LogP contribution in [-0.2, 0) is 0 Å². The van der Waals surface area contributed by atoms with Crippen molar-refractivity contribution in [3.8, 4) is 0 Å². The number of nitrogen functional groups attached to an aromatic ring is 1. The van der Waals surface area contributed by atoms with Gasteiger partial charge in [0, 0.05) is 5.69 Å². The molecular weight excluding hydrogens is 152 g/mol. The molecule has 1 aromatic rings. The predicted octanol–water partition coefficient (Wildman–Crippen LogP) is 1.52. The molecule has 1 rings (SSSR count). The zero-order valence-electron chi connectivity index (χ0n) is 5.47. The van der Waals surface area contributed by atoms with E-state index in [2.05, 4.69) is 0 Å². The van der Waals surface area contributed by atoms with Gasteiger partial charge in [0.2, 0.25) is 0 Å². The van der Waals surface area contributed by atoms with Crippen molar-refractivity contribution in [1.29, 1.82) is 0 Å². The van der Waals surface area contributed by atoms with Crippen LogP contribution in [0.3, 0.4) is 0 Å². The number of halogens is 2. The van der Waals surface area contributed by atoms with Gasteiger partial charge in [0.1, 0.15) is 5.82 Å². The fourth-order valence-corrected chi connectivity index (χ4v) is 0.713. The van der Waals surface area contributed by atoms with Gasteiger partial charge in [-0.25, -0.2) is 4.39 Å². The Labute approximate surface area is 61.6 Å². The minimum Gasteiger partial charge on any atom is -0.398 e. The van der Waals surface area contributed by atoms with Crippen molar-refractivity contribution in [3.63, 3.8) is 0 Å². The lowest BCUT2D eigenvalue weighted by atomic mass is 10.2. The molecule has 0 fully saturated rings. The second kappa shape index (κ2) is 2.65. The molecule has 0 aliphatic heterocycles. The minimum atomic E-state index is -1.65. The monoisotopic (exact) mass is 157 g/mol. The number of carbonyl (C=O) groups is 1. The number of rotatable bonds is 1. The third kappa shape index (κ3) is 1.52. The number of benzene rings is 1. The molecule has 0 amide bonds. The van der Waals surface area contributed by atoms with Crippen molar-refractivity contribution in [3.05, 3.63) is 29.6 Å². The maximum Gasteiger partial charge on any atom is 0.334 e. The van der Waals surface area contributed by atoms with Gasteiger partial charge in [-0.15, -0.1) is 0 Å². The third-order valence-electron chi connectivity index (χ3n) is 1.23. The second-order valence-electron chi connectivity index (χ2n) is 2.01. The lowest BCUT2D eigenvalue weighted by Crippen LogP contribution is -1.98. The van der Waals surface area contributed by atoms with E-state index in [4.69, 9.17) is 5.73 Å². The highest BCUT2D eigenvalue weighted by Crippen LogP contribution is 2.13.